The quantitative estimate of drug-likeness (QED) is 0.866. The van der Waals surface area contributed by atoms with Crippen molar-refractivity contribution in [1.29, 1.82) is 0 Å². The summed E-state index contributed by atoms with van der Waals surface area (Å²) in [7, 11) is -0.268. The second-order valence-corrected chi connectivity index (χ2v) is 8.51. The number of nitrogens with two attached hydrogens (primary N) is 1. The van der Waals surface area contributed by atoms with E-state index in [9.17, 15) is 8.42 Å². The van der Waals surface area contributed by atoms with Crippen molar-refractivity contribution in [3.63, 3.8) is 0 Å². The highest BCUT2D eigenvalue weighted by atomic mass is 32.2. The number of hydrogen-bond donors (Lipinski definition) is 2. The molecule has 0 aliphatic heterocycles. The molecule has 1 aliphatic carbocycles. The zero-order chi connectivity index (χ0) is 16.3. The van der Waals surface area contributed by atoms with Crippen LogP contribution in [0.15, 0.2) is 29.2 Å². The standard InChI is InChI=1S/C16H27N3O2S/c1-12(18-15-8-6-14(17)7-9-15)13-4-10-16(11-5-13)22(20,21)19(2)3/h4-5,10-12,14-15,18H,6-9,17H2,1-3H3. The molecule has 5 nitrogen and oxygen atoms in total. The van der Waals surface area contributed by atoms with Crippen molar-refractivity contribution in [3.05, 3.63) is 29.8 Å². The number of nitrogens with zero attached hydrogens (tertiary/aromatic N) is 1. The summed E-state index contributed by atoms with van der Waals surface area (Å²) in [6.07, 6.45) is 4.37. The highest BCUT2D eigenvalue weighted by molar-refractivity contribution is 7.89. The summed E-state index contributed by atoms with van der Waals surface area (Å²) >= 11 is 0. The molecular formula is C16H27N3O2S. The SMILES string of the molecule is CC(NC1CCC(N)CC1)c1ccc(S(=O)(=O)N(C)C)cc1. The summed E-state index contributed by atoms with van der Waals surface area (Å²) < 4.78 is 25.3. The molecule has 124 valence electrons. The lowest BCUT2D eigenvalue weighted by atomic mass is 9.91. The number of rotatable bonds is 5. The van der Waals surface area contributed by atoms with Gasteiger partial charge in [0.2, 0.25) is 10.0 Å². The van der Waals surface area contributed by atoms with Crippen LogP contribution >= 0.6 is 0 Å². The van der Waals surface area contributed by atoms with Crippen molar-refractivity contribution in [3.8, 4) is 0 Å². The third kappa shape index (κ3) is 4.07. The predicted molar refractivity (Wildman–Crippen MR) is 89.1 cm³/mol. The minimum atomic E-state index is -3.35. The molecule has 0 radical (unpaired) electrons. The lowest BCUT2D eigenvalue weighted by Gasteiger charge is -2.29. The summed E-state index contributed by atoms with van der Waals surface area (Å²) in [5.41, 5.74) is 7.04. The molecule has 0 amide bonds. The van der Waals surface area contributed by atoms with Crippen molar-refractivity contribution >= 4 is 10.0 Å². The second-order valence-electron chi connectivity index (χ2n) is 6.36. The van der Waals surface area contributed by atoms with Gasteiger partial charge in [-0.2, -0.15) is 0 Å². The Balaban J connectivity index is 2.01. The fourth-order valence-electron chi connectivity index (χ4n) is 2.87. The number of sulfonamides is 1. The van der Waals surface area contributed by atoms with Gasteiger partial charge in [0.05, 0.1) is 4.90 Å². The van der Waals surface area contributed by atoms with Gasteiger partial charge in [-0.1, -0.05) is 12.1 Å². The van der Waals surface area contributed by atoms with E-state index in [4.69, 9.17) is 5.73 Å². The third-order valence-corrected chi connectivity index (χ3v) is 6.25. The molecular weight excluding hydrogens is 298 g/mol. The Kier molecular flexibility index (Phi) is 5.60. The van der Waals surface area contributed by atoms with Crippen molar-refractivity contribution in [2.45, 2.75) is 55.6 Å². The first-order valence-corrected chi connectivity index (χ1v) is 9.29. The fourth-order valence-corrected chi connectivity index (χ4v) is 3.78. The van der Waals surface area contributed by atoms with Crippen molar-refractivity contribution in [2.24, 2.45) is 5.73 Å². The van der Waals surface area contributed by atoms with Gasteiger partial charge in [0.15, 0.2) is 0 Å². The summed E-state index contributed by atoms with van der Waals surface area (Å²) in [6.45, 7) is 2.12. The van der Waals surface area contributed by atoms with Gasteiger partial charge in [0.25, 0.3) is 0 Å². The van der Waals surface area contributed by atoms with Crippen molar-refractivity contribution in [2.75, 3.05) is 14.1 Å². The van der Waals surface area contributed by atoms with Crippen LogP contribution in [-0.4, -0.2) is 38.9 Å². The number of hydrogen-bond acceptors (Lipinski definition) is 4. The molecule has 6 heteroatoms. The van der Waals surface area contributed by atoms with Crippen LogP contribution in [0.3, 0.4) is 0 Å². The van der Waals surface area contributed by atoms with Crippen LogP contribution in [0.2, 0.25) is 0 Å². The molecule has 3 N–H and O–H groups in total. The maximum absolute atomic E-state index is 12.1. The third-order valence-electron chi connectivity index (χ3n) is 4.42. The average molecular weight is 325 g/mol. The largest absolute Gasteiger partial charge is 0.328 e. The van der Waals surface area contributed by atoms with Crippen LogP contribution in [0, 0.1) is 0 Å². The van der Waals surface area contributed by atoms with E-state index in [1.54, 1.807) is 26.2 Å². The number of benzene rings is 1. The van der Waals surface area contributed by atoms with Gasteiger partial charge in [-0.15, -0.1) is 0 Å². The van der Waals surface area contributed by atoms with Gasteiger partial charge in [-0.3, -0.25) is 0 Å². The van der Waals surface area contributed by atoms with Gasteiger partial charge < -0.3 is 11.1 Å². The molecule has 1 aromatic carbocycles. The van der Waals surface area contributed by atoms with Crippen molar-refractivity contribution in [1.82, 2.24) is 9.62 Å². The molecule has 0 heterocycles. The average Bonchev–Trinajstić information content (AvgIpc) is 2.49. The highest BCUT2D eigenvalue weighted by Gasteiger charge is 2.21. The normalized spacial score (nSPS) is 24.4. The van der Waals surface area contributed by atoms with Crippen LogP contribution in [0.4, 0.5) is 0 Å². The number of nitrogens with one attached hydrogen (secondary N) is 1. The Hall–Kier alpha value is -0.950. The summed E-state index contributed by atoms with van der Waals surface area (Å²) in [5, 5.41) is 3.62. The molecule has 0 bridgehead atoms. The van der Waals surface area contributed by atoms with Crippen LogP contribution in [0.5, 0.6) is 0 Å². The lowest BCUT2D eigenvalue weighted by molar-refractivity contribution is 0.322. The Labute approximate surface area is 133 Å². The fraction of sp³-hybridized carbons (Fsp3) is 0.625. The molecule has 1 fully saturated rings. The van der Waals surface area contributed by atoms with Crippen molar-refractivity contribution < 1.29 is 8.42 Å². The first-order chi connectivity index (χ1) is 10.3. The Bertz CT molecular complexity index is 576. The lowest BCUT2D eigenvalue weighted by Crippen LogP contribution is -2.38. The smallest absolute Gasteiger partial charge is 0.242 e. The molecule has 0 aromatic heterocycles. The molecule has 0 spiro atoms. The zero-order valence-electron chi connectivity index (χ0n) is 13.6. The van der Waals surface area contributed by atoms with E-state index in [2.05, 4.69) is 12.2 Å². The molecule has 1 aromatic rings. The molecule has 1 unspecified atom stereocenters. The minimum Gasteiger partial charge on any atom is -0.328 e. The summed E-state index contributed by atoms with van der Waals surface area (Å²) in [6, 6.07) is 8.20. The molecule has 2 rings (SSSR count). The van der Waals surface area contributed by atoms with E-state index in [0.29, 0.717) is 17.0 Å². The van der Waals surface area contributed by atoms with E-state index >= 15 is 0 Å². The van der Waals surface area contributed by atoms with Gasteiger partial charge >= 0.3 is 0 Å². The molecule has 1 saturated carbocycles. The topological polar surface area (TPSA) is 75.4 Å². The Morgan fingerprint density at radius 2 is 1.68 bits per heavy atom. The summed E-state index contributed by atoms with van der Waals surface area (Å²) in [5.74, 6) is 0. The van der Waals surface area contributed by atoms with E-state index in [0.717, 1.165) is 31.2 Å². The van der Waals surface area contributed by atoms with E-state index < -0.39 is 10.0 Å². The predicted octanol–water partition coefficient (Wildman–Crippen LogP) is 1.86. The Morgan fingerprint density at radius 3 is 2.18 bits per heavy atom. The van der Waals surface area contributed by atoms with Gasteiger partial charge in [-0.25, -0.2) is 12.7 Å². The van der Waals surface area contributed by atoms with Crippen LogP contribution in [-0.2, 0) is 10.0 Å². The molecule has 0 saturated heterocycles. The second kappa shape index (κ2) is 7.08. The van der Waals surface area contributed by atoms with E-state index in [-0.39, 0.29) is 6.04 Å². The van der Waals surface area contributed by atoms with Crippen LogP contribution in [0.25, 0.3) is 0 Å². The Morgan fingerprint density at radius 1 is 1.14 bits per heavy atom. The van der Waals surface area contributed by atoms with Gasteiger partial charge in [0.1, 0.15) is 0 Å². The van der Waals surface area contributed by atoms with E-state index in [1.807, 2.05) is 12.1 Å². The maximum atomic E-state index is 12.1. The first-order valence-electron chi connectivity index (χ1n) is 7.85. The van der Waals surface area contributed by atoms with Gasteiger partial charge in [0, 0.05) is 32.2 Å². The maximum Gasteiger partial charge on any atom is 0.242 e. The molecule has 22 heavy (non-hydrogen) atoms. The summed E-state index contributed by atoms with van der Waals surface area (Å²) in [4.78, 5) is 0.331. The first kappa shape index (κ1) is 17.4. The highest BCUT2D eigenvalue weighted by Crippen LogP contribution is 2.22. The zero-order valence-corrected chi connectivity index (χ0v) is 14.4. The molecule has 1 aliphatic rings. The molecule has 1 atom stereocenters. The minimum absolute atomic E-state index is 0.204. The van der Waals surface area contributed by atoms with Gasteiger partial charge in [-0.05, 0) is 50.3 Å². The van der Waals surface area contributed by atoms with Crippen LogP contribution in [0.1, 0.15) is 44.2 Å². The van der Waals surface area contributed by atoms with E-state index in [1.165, 1.54) is 4.31 Å². The van der Waals surface area contributed by atoms with Crippen LogP contribution < -0.4 is 11.1 Å². The monoisotopic (exact) mass is 325 g/mol.